The van der Waals surface area contributed by atoms with E-state index in [9.17, 15) is 4.79 Å². The third kappa shape index (κ3) is 22.3. The molecule has 0 radical (unpaired) electrons. The fourth-order valence-corrected chi connectivity index (χ4v) is 23.0. The third-order valence-corrected chi connectivity index (χ3v) is 31.5. The lowest BCUT2D eigenvalue weighted by atomic mass is 9.69. The van der Waals surface area contributed by atoms with Gasteiger partial charge in [0, 0.05) is 90.3 Å². The molecule has 12 rings (SSSR count). The minimum Gasteiger partial charge on any atom is -0.378 e. The van der Waals surface area contributed by atoms with E-state index in [0.29, 0.717) is 63.1 Å². The fraction of sp³-hybridized carbons (Fsp3) is 0.865. The molecular formula is C96H173N7O2. The fourth-order valence-electron chi connectivity index (χ4n) is 23.0. The van der Waals surface area contributed by atoms with E-state index in [1.54, 1.807) is 0 Å². The highest BCUT2D eigenvalue weighted by atomic mass is 16.5. The minimum absolute atomic E-state index is 0.0600. The summed E-state index contributed by atoms with van der Waals surface area (Å²) in [6.45, 7) is 71.1. The van der Waals surface area contributed by atoms with Crippen molar-refractivity contribution in [3.8, 4) is 0 Å². The van der Waals surface area contributed by atoms with Crippen molar-refractivity contribution in [1.29, 1.82) is 0 Å². The van der Waals surface area contributed by atoms with Crippen LogP contribution in [0.3, 0.4) is 0 Å². The third-order valence-electron chi connectivity index (χ3n) is 31.5. The maximum absolute atomic E-state index is 12.7. The molecule has 9 nitrogen and oxygen atoms in total. The van der Waals surface area contributed by atoms with Crippen LogP contribution in [-0.4, -0.2) is 139 Å². The van der Waals surface area contributed by atoms with Gasteiger partial charge in [-0.1, -0.05) is 113 Å². The average molecular weight is 1460 g/mol. The van der Waals surface area contributed by atoms with Gasteiger partial charge in [0.15, 0.2) is 0 Å². The molecule has 1 amide bonds. The van der Waals surface area contributed by atoms with Gasteiger partial charge in [-0.15, -0.1) is 0 Å². The van der Waals surface area contributed by atoms with Crippen LogP contribution >= 0.6 is 0 Å². The molecule has 0 bridgehead atoms. The molecule has 4 saturated carbocycles. The zero-order valence-corrected chi connectivity index (χ0v) is 75.6. The molecule has 10 fully saturated rings. The maximum Gasteiger partial charge on any atom is 0.225 e. The van der Waals surface area contributed by atoms with Crippen LogP contribution in [0.2, 0.25) is 0 Å². The Hall–Kier alpha value is -2.37. The molecule has 6 unspecified atom stereocenters. The zero-order valence-electron chi connectivity index (χ0n) is 75.6. The quantitative estimate of drug-likeness (QED) is 0.229. The topological polar surface area (TPSA) is 75.4 Å². The second-order valence-corrected chi connectivity index (χ2v) is 44.9. The molecule has 6 saturated heterocycles. The number of rotatable bonds is 9. The Morgan fingerprint density at radius 1 is 0.390 bits per heavy atom. The smallest absolute Gasteiger partial charge is 0.225 e. The summed E-state index contributed by atoms with van der Waals surface area (Å²) in [5.41, 5.74) is 8.66. The highest BCUT2D eigenvalue weighted by Gasteiger charge is 2.56. The van der Waals surface area contributed by atoms with Gasteiger partial charge >= 0.3 is 0 Å². The number of likely N-dealkylation sites (tertiary alicyclic amines) is 4. The first-order valence-electron chi connectivity index (χ1n) is 43.6. The second kappa shape index (κ2) is 34.1. The van der Waals surface area contributed by atoms with Crippen LogP contribution in [0.1, 0.15) is 369 Å². The van der Waals surface area contributed by atoms with Crippen LogP contribution in [0.25, 0.3) is 0 Å². The average Bonchev–Trinajstić information content (AvgIpc) is 1.62. The van der Waals surface area contributed by atoms with Crippen molar-refractivity contribution < 1.29 is 9.53 Å². The van der Waals surface area contributed by atoms with Gasteiger partial charge in [0.1, 0.15) is 0 Å². The molecule has 10 aliphatic rings. The van der Waals surface area contributed by atoms with Crippen molar-refractivity contribution in [3.63, 3.8) is 0 Å². The van der Waals surface area contributed by atoms with E-state index in [0.717, 1.165) is 73.2 Å². The first kappa shape index (κ1) is 89.8. The van der Waals surface area contributed by atoms with Crippen LogP contribution in [0.5, 0.6) is 0 Å². The molecule has 105 heavy (non-hydrogen) atoms. The first-order valence-corrected chi connectivity index (χ1v) is 43.6. The molecular weight excluding hydrogens is 1280 g/mol. The number of carbonyl (C=O) groups is 1. The largest absolute Gasteiger partial charge is 0.378 e. The van der Waals surface area contributed by atoms with E-state index >= 15 is 0 Å². The van der Waals surface area contributed by atoms with Crippen LogP contribution in [-0.2, 0) is 9.53 Å². The predicted molar refractivity (Wildman–Crippen MR) is 455 cm³/mol. The van der Waals surface area contributed by atoms with Gasteiger partial charge in [0.25, 0.3) is 0 Å². The Kier molecular flexibility index (Phi) is 29.2. The normalized spacial score (nSPS) is 35.7. The van der Waals surface area contributed by atoms with Crippen molar-refractivity contribution in [2.45, 2.75) is 439 Å². The maximum atomic E-state index is 12.7. The molecule has 604 valence electrons. The summed E-state index contributed by atoms with van der Waals surface area (Å²) in [5, 5.41) is 10.9. The molecule has 6 heterocycles. The lowest BCUT2D eigenvalue weighted by molar-refractivity contribution is -0.128. The number of carbonyl (C=O) groups excluding carboxylic acids is 1. The molecule has 4 aliphatic carbocycles. The van der Waals surface area contributed by atoms with Gasteiger partial charge in [-0.3, -0.25) is 24.4 Å². The van der Waals surface area contributed by atoms with Gasteiger partial charge < -0.3 is 20.7 Å². The van der Waals surface area contributed by atoms with Crippen molar-refractivity contribution in [3.05, 3.63) is 70.8 Å². The van der Waals surface area contributed by atoms with Crippen molar-refractivity contribution in [2.24, 2.45) is 59.2 Å². The summed E-state index contributed by atoms with van der Waals surface area (Å²) in [6, 6.07) is 18.5. The van der Waals surface area contributed by atoms with E-state index in [-0.39, 0.29) is 45.1 Å². The van der Waals surface area contributed by atoms with Crippen LogP contribution < -0.4 is 16.0 Å². The SMILES string of the molecule is CC1CCC(C2CC(C)(C)N(C)C2(C)C)CC1.CC1CCC(C2CC(C)(C)NC2(C)C)CC1.CC1CCC(NC(=O)C2CC(C)(C)N(C)C2(C)C)CC1.CC1CCC(OCC2CC(C)(C)N(C)C2(C)C)CC1.Cc1ccc(C2CC(C)(C)N(C)C2(C)C)cc1.Cc1ccc(C2CC(C)(C)NC2(C)C)cc1. The number of hydrogen-bond acceptors (Lipinski definition) is 8. The molecule has 2 aromatic carbocycles. The molecule has 0 spiro atoms. The predicted octanol–water partition coefficient (Wildman–Crippen LogP) is 23.2. The Morgan fingerprint density at radius 3 is 1.11 bits per heavy atom. The number of hydrogen-bond donors (Lipinski definition) is 3. The lowest BCUT2D eigenvalue weighted by Gasteiger charge is -2.42. The summed E-state index contributed by atoms with van der Waals surface area (Å²) in [5.74, 6) is 9.69. The van der Waals surface area contributed by atoms with Crippen LogP contribution in [0, 0.1) is 73.0 Å². The second-order valence-electron chi connectivity index (χ2n) is 44.9. The van der Waals surface area contributed by atoms with Crippen molar-refractivity contribution in [2.75, 3.05) is 34.8 Å². The van der Waals surface area contributed by atoms with Gasteiger partial charge in [0.05, 0.1) is 18.6 Å². The number of aryl methyl sites for hydroxylation is 2. The van der Waals surface area contributed by atoms with Gasteiger partial charge in [-0.05, 0) is 382 Å². The van der Waals surface area contributed by atoms with Gasteiger partial charge in [-0.25, -0.2) is 0 Å². The van der Waals surface area contributed by atoms with E-state index in [2.05, 4.69) is 320 Å². The molecule has 6 atom stereocenters. The number of amides is 1. The molecule has 6 aliphatic heterocycles. The molecule has 9 heteroatoms. The number of nitrogens with zero attached hydrogens (tertiary/aromatic N) is 4. The molecule has 2 aromatic rings. The Labute approximate surface area is 651 Å². The Morgan fingerprint density at radius 2 is 0.752 bits per heavy atom. The number of ether oxygens (including phenoxy) is 1. The first-order chi connectivity index (χ1) is 48.0. The van der Waals surface area contributed by atoms with Gasteiger partial charge in [-0.2, -0.15) is 0 Å². The molecule has 3 N–H and O–H groups in total. The Bertz CT molecular complexity index is 3000. The highest BCUT2D eigenvalue weighted by Crippen LogP contribution is 2.53. The van der Waals surface area contributed by atoms with E-state index in [4.69, 9.17) is 4.74 Å². The number of nitrogens with one attached hydrogen (secondary N) is 3. The summed E-state index contributed by atoms with van der Waals surface area (Å²) in [4.78, 5) is 22.8. The van der Waals surface area contributed by atoms with Crippen LogP contribution in [0.15, 0.2) is 48.5 Å². The Balaban J connectivity index is 0.000000176. The summed E-state index contributed by atoms with van der Waals surface area (Å²) in [7, 11) is 9.00. The zero-order chi connectivity index (χ0) is 79.0. The van der Waals surface area contributed by atoms with E-state index < -0.39 is 0 Å². The summed E-state index contributed by atoms with van der Waals surface area (Å²) >= 11 is 0. The highest BCUT2D eigenvalue weighted by molar-refractivity contribution is 5.81. The minimum atomic E-state index is -0.0600. The lowest BCUT2D eigenvalue weighted by Crippen LogP contribution is -2.50. The number of likely N-dealkylation sites (N-methyl/N-ethyl adjacent to an activating group) is 1. The van der Waals surface area contributed by atoms with Crippen LogP contribution in [0.4, 0.5) is 0 Å². The van der Waals surface area contributed by atoms with Gasteiger partial charge in [0.2, 0.25) is 5.91 Å². The number of benzene rings is 2. The van der Waals surface area contributed by atoms with Crippen molar-refractivity contribution >= 4 is 5.91 Å². The van der Waals surface area contributed by atoms with E-state index in [1.165, 1.54) is 144 Å². The van der Waals surface area contributed by atoms with E-state index in [1.807, 2.05) is 0 Å². The molecule has 0 aromatic heterocycles. The summed E-state index contributed by atoms with van der Waals surface area (Å²) in [6.07, 6.45) is 29.7. The van der Waals surface area contributed by atoms with Crippen molar-refractivity contribution in [1.82, 2.24) is 35.6 Å². The standard InChI is InChI=1S/C17H32N2O.C17H33NO.C16H31N.C16H25N.C15H29N.C15H23N/c1-12-7-9-13(10-8-12)18-15(20)14-11-16(2,3)19(6)17(14,4)5;1-13-7-9-15(10-8-13)19-12-14-11-16(2,3)18(6)17(14,4)5;2*1-12-7-9-13(10-8-12)14-11-15(2,3)17(6)16(14,4)5;2*1-11-6-8-12(9-7-11)13-10-14(2,3)16-15(13,4)5/h12-14H,7-11H2,1-6H3,(H,18,20);13-15H,7-12H2,1-6H3;12-14H,7-11H2,1-6H3;7-10,14H,11H2,1-6H3;11-13,16H,6-10H2,1-5H3;6-9,13,16H,10H2,1-5H3. The summed E-state index contributed by atoms with van der Waals surface area (Å²) < 4.78 is 6.27. The monoisotopic (exact) mass is 1460 g/mol.